The number of pyridine rings is 1. The number of aryl methyl sites for hydroxylation is 1. The molecular weight excluding hydrogens is 360 g/mol. The Hall–Kier alpha value is -1.83. The van der Waals surface area contributed by atoms with Crippen LogP contribution >= 0.6 is 11.3 Å². The van der Waals surface area contributed by atoms with Gasteiger partial charge in [0.05, 0.1) is 18.9 Å². The van der Waals surface area contributed by atoms with Crippen LogP contribution in [-0.4, -0.2) is 71.1 Å². The first-order valence-corrected chi connectivity index (χ1v) is 10.6. The molecule has 2 aromatic heterocycles. The van der Waals surface area contributed by atoms with Crippen molar-refractivity contribution in [2.75, 3.05) is 39.4 Å². The second-order valence-corrected chi connectivity index (χ2v) is 8.69. The molecule has 0 radical (unpaired) electrons. The summed E-state index contributed by atoms with van der Waals surface area (Å²) >= 11 is 1.77. The number of carbonyl (C=O) groups is 1. The standard InChI is InChI=1S/C20H24N4O2S/c25-20(24-12-16(13-24)23-7-9-26-10-8-23)15-1-2-18-17(11-15)22-19(27-18)14-3-5-21-6-4-14/h3-6,15-16H,1-2,7-13H2. The zero-order valence-corrected chi connectivity index (χ0v) is 16.2. The highest BCUT2D eigenvalue weighted by Crippen LogP contribution is 2.35. The molecule has 7 heteroatoms. The maximum absolute atomic E-state index is 12.9. The Labute approximate surface area is 163 Å². The molecular formula is C20H24N4O2S. The van der Waals surface area contributed by atoms with Gasteiger partial charge in [-0.05, 0) is 25.0 Å². The van der Waals surface area contributed by atoms with E-state index in [9.17, 15) is 4.79 Å². The molecule has 2 aromatic rings. The van der Waals surface area contributed by atoms with E-state index in [1.54, 1.807) is 23.7 Å². The van der Waals surface area contributed by atoms with Gasteiger partial charge in [0.15, 0.2) is 0 Å². The Morgan fingerprint density at radius 3 is 2.74 bits per heavy atom. The van der Waals surface area contributed by atoms with Gasteiger partial charge in [-0.2, -0.15) is 0 Å². The molecule has 3 aliphatic rings. The van der Waals surface area contributed by atoms with Gasteiger partial charge >= 0.3 is 0 Å². The summed E-state index contributed by atoms with van der Waals surface area (Å²) in [6.07, 6.45) is 6.31. The van der Waals surface area contributed by atoms with E-state index >= 15 is 0 Å². The molecule has 2 aliphatic heterocycles. The first-order valence-electron chi connectivity index (χ1n) is 9.77. The number of aromatic nitrogens is 2. The molecule has 1 aliphatic carbocycles. The summed E-state index contributed by atoms with van der Waals surface area (Å²) in [4.78, 5) is 27.7. The Morgan fingerprint density at radius 2 is 1.96 bits per heavy atom. The quantitative estimate of drug-likeness (QED) is 0.808. The van der Waals surface area contributed by atoms with E-state index in [0.29, 0.717) is 11.9 Å². The fourth-order valence-corrected chi connectivity index (χ4v) is 5.38. The summed E-state index contributed by atoms with van der Waals surface area (Å²) in [6, 6.07) is 4.52. The van der Waals surface area contributed by atoms with Gasteiger partial charge in [0.25, 0.3) is 0 Å². The van der Waals surface area contributed by atoms with Crippen molar-refractivity contribution in [3.05, 3.63) is 35.1 Å². The van der Waals surface area contributed by atoms with Crippen LogP contribution in [0.4, 0.5) is 0 Å². The van der Waals surface area contributed by atoms with Gasteiger partial charge in [-0.1, -0.05) is 0 Å². The molecule has 4 heterocycles. The van der Waals surface area contributed by atoms with Crippen LogP contribution in [0.5, 0.6) is 0 Å². The molecule has 1 amide bonds. The maximum atomic E-state index is 12.9. The summed E-state index contributed by atoms with van der Waals surface area (Å²) < 4.78 is 5.42. The predicted molar refractivity (Wildman–Crippen MR) is 104 cm³/mol. The minimum absolute atomic E-state index is 0.0931. The smallest absolute Gasteiger partial charge is 0.226 e. The molecule has 2 saturated heterocycles. The minimum atomic E-state index is 0.0931. The van der Waals surface area contributed by atoms with Gasteiger partial charge in [-0.15, -0.1) is 11.3 Å². The van der Waals surface area contributed by atoms with Crippen LogP contribution < -0.4 is 0 Å². The van der Waals surface area contributed by atoms with Crippen LogP contribution in [0, 0.1) is 5.92 Å². The van der Waals surface area contributed by atoms with E-state index in [1.165, 1.54) is 4.88 Å². The fourth-order valence-electron chi connectivity index (χ4n) is 4.27. The lowest BCUT2D eigenvalue weighted by Crippen LogP contribution is -2.63. The Balaban J connectivity index is 1.21. The van der Waals surface area contributed by atoms with Crippen LogP contribution in [0.25, 0.3) is 10.6 Å². The maximum Gasteiger partial charge on any atom is 0.226 e. The normalized spacial score (nSPS) is 23.7. The van der Waals surface area contributed by atoms with E-state index in [4.69, 9.17) is 9.72 Å². The average molecular weight is 385 g/mol. The molecule has 1 unspecified atom stereocenters. The molecule has 5 rings (SSSR count). The number of ether oxygens (including phenoxy) is 1. The largest absolute Gasteiger partial charge is 0.379 e. The molecule has 0 aromatic carbocycles. The number of nitrogens with zero attached hydrogens (tertiary/aromatic N) is 4. The van der Waals surface area contributed by atoms with Gasteiger partial charge in [0, 0.05) is 67.4 Å². The third-order valence-electron chi connectivity index (χ3n) is 5.95. The molecule has 27 heavy (non-hydrogen) atoms. The van der Waals surface area contributed by atoms with E-state index in [2.05, 4.69) is 9.88 Å². The summed E-state index contributed by atoms with van der Waals surface area (Å²) in [7, 11) is 0. The third-order valence-corrected chi connectivity index (χ3v) is 7.16. The van der Waals surface area contributed by atoms with Gasteiger partial charge in [0.1, 0.15) is 5.01 Å². The first kappa shape index (κ1) is 17.3. The number of fused-ring (bicyclic) bond motifs is 1. The molecule has 2 fully saturated rings. The lowest BCUT2D eigenvalue weighted by molar-refractivity contribution is -0.144. The van der Waals surface area contributed by atoms with Crippen molar-refractivity contribution in [1.82, 2.24) is 19.8 Å². The minimum Gasteiger partial charge on any atom is -0.379 e. The first-order chi connectivity index (χ1) is 13.3. The second-order valence-electron chi connectivity index (χ2n) is 7.61. The highest BCUT2D eigenvalue weighted by atomic mass is 32.1. The van der Waals surface area contributed by atoms with Crippen molar-refractivity contribution in [2.24, 2.45) is 5.92 Å². The highest BCUT2D eigenvalue weighted by molar-refractivity contribution is 7.15. The average Bonchev–Trinajstić information content (AvgIpc) is 3.11. The molecule has 1 atom stereocenters. The topological polar surface area (TPSA) is 58.6 Å². The molecule has 0 spiro atoms. The number of amides is 1. The fraction of sp³-hybridized carbons (Fsp3) is 0.550. The number of carbonyl (C=O) groups excluding carboxylic acids is 1. The van der Waals surface area contributed by atoms with Crippen molar-refractivity contribution in [2.45, 2.75) is 25.3 Å². The number of rotatable bonds is 3. The van der Waals surface area contributed by atoms with Crippen molar-refractivity contribution in [3.63, 3.8) is 0 Å². The highest BCUT2D eigenvalue weighted by Gasteiger charge is 2.39. The molecule has 142 valence electrons. The Kier molecular flexibility index (Phi) is 4.67. The van der Waals surface area contributed by atoms with Crippen LogP contribution in [0.15, 0.2) is 24.5 Å². The Morgan fingerprint density at radius 1 is 1.19 bits per heavy atom. The Bertz CT molecular complexity index is 813. The van der Waals surface area contributed by atoms with Gasteiger partial charge < -0.3 is 9.64 Å². The SMILES string of the molecule is O=C(C1CCc2sc(-c3ccncc3)nc2C1)N1CC(N2CCOCC2)C1. The van der Waals surface area contributed by atoms with Crippen LogP contribution in [0.3, 0.4) is 0 Å². The van der Waals surface area contributed by atoms with E-state index in [0.717, 1.165) is 74.9 Å². The monoisotopic (exact) mass is 384 g/mol. The van der Waals surface area contributed by atoms with Gasteiger partial charge in [-0.3, -0.25) is 14.7 Å². The lowest BCUT2D eigenvalue weighted by atomic mass is 9.88. The zero-order valence-electron chi connectivity index (χ0n) is 15.3. The molecule has 6 nitrogen and oxygen atoms in total. The number of likely N-dealkylation sites (tertiary alicyclic amines) is 1. The van der Waals surface area contributed by atoms with E-state index < -0.39 is 0 Å². The number of morpholine rings is 1. The molecule has 0 saturated carbocycles. The van der Waals surface area contributed by atoms with E-state index in [-0.39, 0.29) is 5.92 Å². The van der Waals surface area contributed by atoms with Gasteiger partial charge in [-0.25, -0.2) is 4.98 Å². The molecule has 0 bridgehead atoms. The molecule has 0 N–H and O–H groups in total. The zero-order chi connectivity index (χ0) is 18.2. The predicted octanol–water partition coefficient (Wildman–Crippen LogP) is 1.85. The third kappa shape index (κ3) is 3.39. The van der Waals surface area contributed by atoms with Crippen molar-refractivity contribution >= 4 is 17.2 Å². The summed E-state index contributed by atoms with van der Waals surface area (Å²) in [5.41, 5.74) is 2.24. The van der Waals surface area contributed by atoms with Gasteiger partial charge in [0.2, 0.25) is 5.91 Å². The second kappa shape index (κ2) is 7.30. The number of thiazole rings is 1. The summed E-state index contributed by atoms with van der Waals surface area (Å²) in [6.45, 7) is 5.38. The summed E-state index contributed by atoms with van der Waals surface area (Å²) in [5.74, 6) is 0.416. The lowest BCUT2D eigenvalue weighted by Gasteiger charge is -2.47. The van der Waals surface area contributed by atoms with Crippen LogP contribution in [0.1, 0.15) is 17.0 Å². The van der Waals surface area contributed by atoms with Crippen molar-refractivity contribution in [3.8, 4) is 10.6 Å². The summed E-state index contributed by atoms with van der Waals surface area (Å²) in [5, 5.41) is 1.05. The van der Waals surface area contributed by atoms with E-state index in [1.807, 2.05) is 17.0 Å². The number of hydrogen-bond acceptors (Lipinski definition) is 6. The van der Waals surface area contributed by atoms with Crippen molar-refractivity contribution < 1.29 is 9.53 Å². The van der Waals surface area contributed by atoms with Crippen LogP contribution in [-0.2, 0) is 22.4 Å². The van der Waals surface area contributed by atoms with Crippen molar-refractivity contribution in [1.29, 1.82) is 0 Å². The van der Waals surface area contributed by atoms with Crippen LogP contribution in [0.2, 0.25) is 0 Å². The number of hydrogen-bond donors (Lipinski definition) is 0.